The Kier molecular flexibility index (Phi) is 35.8. The molecule has 110 heavy (non-hydrogen) atoms. The Morgan fingerprint density at radius 3 is 0.855 bits per heavy atom. The topological polar surface area (TPSA) is 516 Å². The molecular weight excluding hydrogens is 1520 g/mol. The second kappa shape index (κ2) is 43.4. The molecule has 0 aliphatic carbocycles. The standard InChI is InChI=1S/C66H88N4O38S2/c1-27(71)89-23-44-50(107-63-58(101-39(13)83)54(97-35(9)79)48(93-31(5)75)46(105-63)25-91-29(3)73)52(95-33(7)77)56(99-37(11)81)60(103-44)69-65(109)67-16-18-87-42-20-41(62(85)86-15)21-43(22-42)88-19-17-68-66(110)70-61-57(100-38(12)82)53(96-34(8)78)51(45(104-61)24-90-28(2)72)108-64-59(102-40(14)84)55(98-36(10)80)49(94-32(6)76)47(106-64)26-92-30(4)74/h20-22,44-61,63-64H,16-19,23-26H2,1-15H3,(H2,67,69,109)(H2,68,70,110)/t44-,45-,46-,47-,48+,49+,50-,51-,52+,53+,54+,55+,56-,57-,58-,59-,60-,61-,63+,64+/m1/s1. The van der Waals surface area contributed by atoms with Gasteiger partial charge in [0.2, 0.25) is 0 Å². The predicted molar refractivity (Wildman–Crippen MR) is 363 cm³/mol. The summed E-state index contributed by atoms with van der Waals surface area (Å²) in [7, 11) is 1.13. The lowest BCUT2D eigenvalue weighted by Gasteiger charge is -2.49. The number of hydrogen-bond donors (Lipinski definition) is 4. The second-order valence-electron chi connectivity index (χ2n) is 24.1. The third kappa shape index (κ3) is 29.1. The number of ether oxygens (including phenoxy) is 23. The maximum absolute atomic E-state index is 13.0. The zero-order valence-electron chi connectivity index (χ0n) is 62.3. The van der Waals surface area contributed by atoms with Crippen molar-refractivity contribution < 1.29 is 181 Å². The molecule has 4 aliphatic heterocycles. The highest BCUT2D eigenvalue weighted by atomic mass is 32.1. The van der Waals surface area contributed by atoms with Crippen molar-refractivity contribution in [3.63, 3.8) is 0 Å². The van der Waals surface area contributed by atoms with E-state index in [0.717, 1.165) is 104 Å². The van der Waals surface area contributed by atoms with Gasteiger partial charge in [-0.05, 0) is 36.6 Å². The van der Waals surface area contributed by atoms with Crippen LogP contribution in [0.1, 0.15) is 107 Å². The Bertz CT molecular complexity index is 3300. The molecule has 42 nitrogen and oxygen atoms in total. The fourth-order valence-corrected chi connectivity index (χ4v) is 11.7. The molecule has 0 radical (unpaired) electrons. The van der Waals surface area contributed by atoms with Crippen molar-refractivity contribution in [2.24, 2.45) is 0 Å². The average Bonchev–Trinajstić information content (AvgIpc) is 0.769. The molecule has 20 atom stereocenters. The number of carbonyl (C=O) groups excluding carboxylic acids is 15. The van der Waals surface area contributed by atoms with Crippen molar-refractivity contribution in [3.05, 3.63) is 23.8 Å². The van der Waals surface area contributed by atoms with Crippen LogP contribution >= 0.6 is 24.4 Å². The number of esters is 15. The van der Waals surface area contributed by atoms with E-state index in [1.54, 1.807) is 0 Å². The van der Waals surface area contributed by atoms with Gasteiger partial charge in [-0.1, -0.05) is 0 Å². The number of rotatable bonds is 33. The number of hydrogen-bond acceptors (Lipinski definition) is 40. The third-order valence-corrected chi connectivity index (χ3v) is 15.5. The van der Waals surface area contributed by atoms with Gasteiger partial charge in [0.15, 0.2) is 96.3 Å². The first-order valence-electron chi connectivity index (χ1n) is 33.5. The van der Waals surface area contributed by atoms with Crippen molar-refractivity contribution in [1.82, 2.24) is 21.3 Å². The van der Waals surface area contributed by atoms with E-state index < -0.39 is 239 Å². The van der Waals surface area contributed by atoms with Gasteiger partial charge in [0.05, 0.1) is 25.8 Å². The van der Waals surface area contributed by atoms with Crippen LogP contribution in [0.25, 0.3) is 0 Å². The minimum absolute atomic E-state index is 0.0450. The summed E-state index contributed by atoms with van der Waals surface area (Å²) in [6.07, 6.45) is -34.2. The number of nitrogens with one attached hydrogen (secondary N) is 4. The van der Waals surface area contributed by atoms with E-state index >= 15 is 0 Å². The van der Waals surface area contributed by atoms with Crippen LogP contribution in [0.2, 0.25) is 0 Å². The van der Waals surface area contributed by atoms with Crippen LogP contribution in [0.5, 0.6) is 11.5 Å². The first kappa shape index (κ1) is 90.6. The van der Waals surface area contributed by atoms with Crippen LogP contribution in [0.3, 0.4) is 0 Å². The summed E-state index contributed by atoms with van der Waals surface area (Å²) in [6, 6.07) is 4.05. The Labute approximate surface area is 638 Å². The lowest BCUT2D eigenvalue weighted by Crippen LogP contribution is -2.69. The smallest absolute Gasteiger partial charge is 0.338 e. The highest BCUT2D eigenvalue weighted by Crippen LogP contribution is 2.38. The van der Waals surface area contributed by atoms with Crippen LogP contribution < -0.4 is 30.7 Å². The SMILES string of the molecule is COC(=O)c1cc(OCCNC(=S)N[C@@H]2O[C@H](COC(C)=O)[C@@H](O[C@@H]3O[C@H](COC(C)=O)[C@H](OC(C)=O)[C@H](OC(C)=O)[C@H]3OC(C)=O)[C@H](OC(C)=O)[C@H]2OC(C)=O)cc(OCCNC(=S)N[C@@H]2O[C@H](COC(C)=O)[C@@H](O[C@@H]3O[C@H](COC(C)=O)[C@H](OC(C)=O)[C@H](OC(C)=O)[C@H]3OC(C)=O)[C@H](OC(C)=O)[C@H]2OC(C)=O)c1. The van der Waals surface area contributed by atoms with E-state index in [-0.39, 0.29) is 53.6 Å². The van der Waals surface area contributed by atoms with Gasteiger partial charge in [-0.3, -0.25) is 67.1 Å². The molecule has 0 saturated carbocycles. The molecule has 1 aromatic carbocycles. The summed E-state index contributed by atoms with van der Waals surface area (Å²) < 4.78 is 132. The summed E-state index contributed by atoms with van der Waals surface area (Å²) in [4.78, 5) is 189. The van der Waals surface area contributed by atoms with E-state index in [4.69, 9.17) is 133 Å². The number of benzene rings is 1. The largest absolute Gasteiger partial charge is 0.492 e. The molecule has 0 amide bonds. The Morgan fingerprint density at radius 1 is 0.327 bits per heavy atom. The van der Waals surface area contributed by atoms with Gasteiger partial charge in [-0.2, -0.15) is 0 Å². The quantitative estimate of drug-likeness (QED) is 0.0266. The zero-order chi connectivity index (χ0) is 82.0. The minimum Gasteiger partial charge on any atom is -0.492 e. The van der Waals surface area contributed by atoms with Gasteiger partial charge < -0.3 is 130 Å². The van der Waals surface area contributed by atoms with Crippen molar-refractivity contribution >= 4 is 124 Å². The predicted octanol–water partition coefficient (Wildman–Crippen LogP) is -1.60. The molecule has 5 rings (SSSR count). The molecule has 4 fully saturated rings. The van der Waals surface area contributed by atoms with Gasteiger partial charge in [0.1, 0.15) is 87.8 Å². The van der Waals surface area contributed by atoms with Crippen LogP contribution in [-0.2, 0) is 167 Å². The van der Waals surface area contributed by atoms with Crippen molar-refractivity contribution in [3.8, 4) is 11.5 Å². The first-order chi connectivity index (χ1) is 51.7. The van der Waals surface area contributed by atoms with E-state index in [1.807, 2.05) is 0 Å². The Balaban J connectivity index is 1.34. The molecule has 4 N–H and O–H groups in total. The summed E-state index contributed by atoms with van der Waals surface area (Å²) in [6.45, 7) is 10.7. The molecule has 1 aromatic rings. The van der Waals surface area contributed by atoms with E-state index in [1.165, 1.54) is 18.2 Å². The van der Waals surface area contributed by atoms with Crippen LogP contribution in [0.15, 0.2) is 18.2 Å². The van der Waals surface area contributed by atoms with Gasteiger partial charge >= 0.3 is 89.5 Å². The average molecular weight is 1610 g/mol. The molecule has 0 spiro atoms. The van der Waals surface area contributed by atoms with Gasteiger partial charge in [0, 0.05) is 103 Å². The van der Waals surface area contributed by atoms with Crippen molar-refractivity contribution in [2.45, 2.75) is 220 Å². The van der Waals surface area contributed by atoms with Crippen LogP contribution in [0, 0.1) is 0 Å². The molecule has 44 heteroatoms. The Morgan fingerprint density at radius 2 is 0.582 bits per heavy atom. The van der Waals surface area contributed by atoms with E-state index in [0.29, 0.717) is 0 Å². The second-order valence-corrected chi connectivity index (χ2v) is 24.9. The van der Waals surface area contributed by atoms with Crippen molar-refractivity contribution in [1.29, 1.82) is 0 Å². The molecular formula is C66H88N4O38S2. The van der Waals surface area contributed by atoms with Crippen molar-refractivity contribution in [2.75, 3.05) is 59.8 Å². The normalized spacial score (nSPS) is 27.3. The first-order valence-corrected chi connectivity index (χ1v) is 34.3. The lowest BCUT2D eigenvalue weighted by atomic mass is 9.95. The molecule has 0 bridgehead atoms. The van der Waals surface area contributed by atoms with Gasteiger partial charge in [0.25, 0.3) is 0 Å². The summed E-state index contributed by atoms with van der Waals surface area (Å²) in [5.74, 6) is -13.8. The molecule has 4 heterocycles. The summed E-state index contributed by atoms with van der Waals surface area (Å²) in [5.41, 5.74) is -0.0450. The zero-order valence-corrected chi connectivity index (χ0v) is 63.9. The number of thiocarbonyl (C=S) groups is 2. The third-order valence-electron chi connectivity index (χ3n) is 15.0. The van der Waals surface area contributed by atoms with E-state index in [2.05, 4.69) is 21.3 Å². The number of carbonyl (C=O) groups is 15. The fraction of sp³-hybridized carbons (Fsp3) is 0.652. The molecule has 0 unspecified atom stereocenters. The highest BCUT2D eigenvalue weighted by molar-refractivity contribution is 7.80. The summed E-state index contributed by atoms with van der Waals surface area (Å²) in [5, 5.41) is 10.9. The maximum Gasteiger partial charge on any atom is 0.338 e. The monoisotopic (exact) mass is 1610 g/mol. The van der Waals surface area contributed by atoms with E-state index in [9.17, 15) is 71.9 Å². The molecule has 612 valence electrons. The fourth-order valence-electron chi connectivity index (χ4n) is 11.3. The lowest BCUT2D eigenvalue weighted by molar-refractivity contribution is -0.345. The van der Waals surface area contributed by atoms with Gasteiger partial charge in [-0.25, -0.2) is 4.79 Å². The molecule has 4 saturated heterocycles. The Hall–Kier alpha value is -9.99. The van der Waals surface area contributed by atoms with Gasteiger partial charge in [-0.15, -0.1) is 0 Å². The number of methoxy groups -OCH3 is 1. The minimum atomic E-state index is -1.94. The molecule has 0 aromatic heterocycles. The summed E-state index contributed by atoms with van der Waals surface area (Å²) >= 11 is 11.2. The maximum atomic E-state index is 13.0. The van der Waals surface area contributed by atoms with Crippen LogP contribution in [0.4, 0.5) is 0 Å². The molecule has 4 aliphatic rings. The highest BCUT2D eigenvalue weighted by Gasteiger charge is 2.60. The van der Waals surface area contributed by atoms with Crippen LogP contribution in [-0.4, -0.2) is 282 Å².